The highest BCUT2D eigenvalue weighted by atomic mass is 79.9. The van der Waals surface area contributed by atoms with Crippen LogP contribution in [0.5, 0.6) is 0 Å². The van der Waals surface area contributed by atoms with Crippen LogP contribution in [0.15, 0.2) is 46.9 Å². The Bertz CT molecular complexity index is 540. The van der Waals surface area contributed by atoms with Crippen LogP contribution >= 0.6 is 43.5 Å². The van der Waals surface area contributed by atoms with E-state index in [-0.39, 0.29) is 10.6 Å². The van der Waals surface area contributed by atoms with E-state index < -0.39 is 0 Å². The Morgan fingerprint density at radius 1 is 1.11 bits per heavy atom. The number of halogens is 4. The van der Waals surface area contributed by atoms with Crippen molar-refractivity contribution >= 4 is 43.5 Å². The van der Waals surface area contributed by atoms with Crippen LogP contribution in [-0.2, 0) is 6.42 Å². The topological polar surface area (TPSA) is 0 Å². The summed E-state index contributed by atoms with van der Waals surface area (Å²) >= 11 is 12.6. The fourth-order valence-corrected chi connectivity index (χ4v) is 2.93. The van der Waals surface area contributed by atoms with Gasteiger partial charge in [-0.2, -0.15) is 0 Å². The highest BCUT2D eigenvalue weighted by molar-refractivity contribution is 9.10. The molecule has 0 radical (unpaired) electrons. The Hall–Kier alpha value is -0.380. The molecule has 0 fully saturated rings. The average Bonchev–Trinajstić information content (AvgIpc) is 2.35. The molecule has 0 heterocycles. The summed E-state index contributed by atoms with van der Waals surface area (Å²) < 4.78 is 14.4. The van der Waals surface area contributed by atoms with Crippen molar-refractivity contribution in [3.05, 3.63) is 68.9 Å². The molecule has 1 atom stereocenters. The highest BCUT2D eigenvalue weighted by Crippen LogP contribution is 2.32. The molecular weight excluding hydrogens is 382 g/mol. The van der Waals surface area contributed by atoms with Crippen molar-refractivity contribution < 1.29 is 4.39 Å². The molecule has 1 unspecified atom stereocenters. The summed E-state index contributed by atoms with van der Waals surface area (Å²) in [5, 5.41) is 0.707. The molecule has 0 N–H and O–H groups in total. The Morgan fingerprint density at radius 2 is 1.78 bits per heavy atom. The molecule has 0 spiro atoms. The molecule has 0 saturated carbocycles. The lowest BCUT2D eigenvalue weighted by atomic mass is 10.0. The quantitative estimate of drug-likeness (QED) is 0.569. The van der Waals surface area contributed by atoms with E-state index in [0.717, 1.165) is 5.56 Å². The molecule has 4 heteroatoms. The summed E-state index contributed by atoms with van der Waals surface area (Å²) in [5.41, 5.74) is 1.76. The number of rotatable bonds is 3. The first-order chi connectivity index (χ1) is 8.58. The van der Waals surface area contributed by atoms with Gasteiger partial charge in [-0.25, -0.2) is 4.39 Å². The van der Waals surface area contributed by atoms with Crippen molar-refractivity contribution in [3.63, 3.8) is 0 Å². The van der Waals surface area contributed by atoms with Crippen molar-refractivity contribution in [2.45, 2.75) is 11.2 Å². The van der Waals surface area contributed by atoms with Crippen molar-refractivity contribution in [1.82, 2.24) is 0 Å². The molecule has 94 valence electrons. The summed E-state index contributed by atoms with van der Waals surface area (Å²) in [6.07, 6.45) is 0.713. The zero-order chi connectivity index (χ0) is 13.1. The molecule has 0 bridgehead atoms. The summed E-state index contributed by atoms with van der Waals surface area (Å²) in [5.74, 6) is -0.215. The Morgan fingerprint density at radius 3 is 2.44 bits per heavy atom. The minimum atomic E-state index is -0.215. The lowest BCUT2D eigenvalue weighted by Crippen LogP contribution is -1.99. The second-order valence-corrected chi connectivity index (χ2v) is 6.34. The van der Waals surface area contributed by atoms with Crippen molar-refractivity contribution in [2.75, 3.05) is 0 Å². The van der Waals surface area contributed by atoms with Gasteiger partial charge in [-0.1, -0.05) is 51.8 Å². The molecule has 0 saturated heterocycles. The van der Waals surface area contributed by atoms with E-state index in [2.05, 4.69) is 31.9 Å². The van der Waals surface area contributed by atoms with E-state index in [0.29, 0.717) is 21.5 Å². The van der Waals surface area contributed by atoms with Crippen LogP contribution in [0.3, 0.4) is 0 Å². The third-order valence-electron chi connectivity index (χ3n) is 2.65. The molecule has 0 amide bonds. The largest absolute Gasteiger partial charge is 0.205 e. The van der Waals surface area contributed by atoms with Gasteiger partial charge in [0.05, 0.1) is 4.47 Å². The van der Waals surface area contributed by atoms with Crippen LogP contribution in [0.25, 0.3) is 0 Å². The van der Waals surface area contributed by atoms with E-state index >= 15 is 0 Å². The fourth-order valence-electron chi connectivity index (χ4n) is 1.70. The molecule has 0 aliphatic carbocycles. The molecule has 2 aromatic carbocycles. The van der Waals surface area contributed by atoms with Crippen molar-refractivity contribution in [2.24, 2.45) is 0 Å². The Labute approximate surface area is 127 Å². The minimum absolute atomic E-state index is 0.0591. The van der Waals surface area contributed by atoms with Crippen molar-refractivity contribution in [1.29, 1.82) is 0 Å². The Balaban J connectivity index is 2.19. The molecule has 0 nitrogen and oxygen atoms in total. The van der Waals surface area contributed by atoms with Crippen LogP contribution in [-0.4, -0.2) is 0 Å². The number of alkyl halides is 1. The molecule has 2 aromatic rings. The van der Waals surface area contributed by atoms with Crippen LogP contribution in [0.1, 0.15) is 16.0 Å². The monoisotopic (exact) mass is 390 g/mol. The molecule has 0 aromatic heterocycles. The first kappa shape index (κ1) is 14.0. The third-order valence-corrected chi connectivity index (χ3v) is 4.33. The van der Waals surface area contributed by atoms with E-state index in [1.54, 1.807) is 12.1 Å². The maximum absolute atomic E-state index is 13.9. The van der Waals surface area contributed by atoms with Gasteiger partial charge >= 0.3 is 0 Å². The van der Waals surface area contributed by atoms with Gasteiger partial charge in [-0.3, -0.25) is 0 Å². The molecule has 0 aliphatic heterocycles. The summed E-state index contributed by atoms with van der Waals surface area (Å²) in [4.78, 5) is -0.0591. The second-order valence-electron chi connectivity index (χ2n) is 3.94. The van der Waals surface area contributed by atoms with Crippen LogP contribution < -0.4 is 0 Å². The van der Waals surface area contributed by atoms with Gasteiger partial charge in [0.1, 0.15) is 5.82 Å². The van der Waals surface area contributed by atoms with Gasteiger partial charge in [0.2, 0.25) is 0 Å². The van der Waals surface area contributed by atoms with Gasteiger partial charge in [0.15, 0.2) is 0 Å². The number of benzene rings is 2. The maximum atomic E-state index is 13.9. The van der Waals surface area contributed by atoms with Crippen LogP contribution in [0.4, 0.5) is 4.39 Å². The zero-order valence-electron chi connectivity index (χ0n) is 9.34. The normalized spacial score (nSPS) is 12.4. The summed E-state index contributed by atoms with van der Waals surface area (Å²) in [6.45, 7) is 0. The van der Waals surface area contributed by atoms with Crippen LogP contribution in [0.2, 0.25) is 5.02 Å². The maximum Gasteiger partial charge on any atom is 0.141 e. The van der Waals surface area contributed by atoms with Crippen molar-refractivity contribution in [3.8, 4) is 0 Å². The summed E-state index contributed by atoms with van der Waals surface area (Å²) in [7, 11) is 0. The van der Waals surface area contributed by atoms with E-state index in [4.69, 9.17) is 11.6 Å². The first-order valence-electron chi connectivity index (χ1n) is 5.40. The number of hydrogen-bond acceptors (Lipinski definition) is 0. The second kappa shape index (κ2) is 6.18. The number of hydrogen-bond donors (Lipinski definition) is 0. The molecule has 0 aliphatic rings. The minimum Gasteiger partial charge on any atom is -0.205 e. The molecular formula is C14H10Br2ClF. The highest BCUT2D eigenvalue weighted by Gasteiger charge is 2.15. The van der Waals surface area contributed by atoms with Crippen LogP contribution in [0, 0.1) is 5.82 Å². The Kier molecular flexibility index (Phi) is 4.82. The predicted molar refractivity (Wildman–Crippen MR) is 80.9 cm³/mol. The first-order valence-corrected chi connectivity index (χ1v) is 7.49. The van der Waals surface area contributed by atoms with Gasteiger partial charge in [-0.05, 0) is 46.1 Å². The summed E-state index contributed by atoms with van der Waals surface area (Å²) in [6, 6.07) is 12.9. The third kappa shape index (κ3) is 3.34. The lowest BCUT2D eigenvalue weighted by molar-refractivity contribution is 0.601. The zero-order valence-corrected chi connectivity index (χ0v) is 13.3. The molecule has 18 heavy (non-hydrogen) atoms. The van der Waals surface area contributed by atoms with E-state index in [1.807, 2.05) is 30.3 Å². The van der Waals surface area contributed by atoms with E-state index in [9.17, 15) is 4.39 Å². The average molecular weight is 392 g/mol. The predicted octanol–water partition coefficient (Wildman–Crippen LogP) is 5.92. The standard InChI is InChI=1S/C14H10Br2ClF/c15-12-3-1-2-11(14(12)18)13(16)8-9-4-6-10(17)7-5-9/h1-7,13H,8H2. The fraction of sp³-hybridized carbons (Fsp3) is 0.143. The van der Waals surface area contributed by atoms with Gasteiger partial charge in [0.25, 0.3) is 0 Å². The van der Waals surface area contributed by atoms with Gasteiger partial charge < -0.3 is 0 Å². The van der Waals surface area contributed by atoms with Gasteiger partial charge in [0, 0.05) is 15.4 Å². The SMILES string of the molecule is Fc1c(Br)cccc1C(Br)Cc1ccc(Cl)cc1. The van der Waals surface area contributed by atoms with Gasteiger partial charge in [-0.15, -0.1) is 0 Å². The lowest BCUT2D eigenvalue weighted by Gasteiger charge is -2.12. The van der Waals surface area contributed by atoms with E-state index in [1.165, 1.54) is 0 Å². The smallest absolute Gasteiger partial charge is 0.141 e. The molecule has 2 rings (SSSR count).